The lowest BCUT2D eigenvalue weighted by Crippen LogP contribution is -2.56. The smallest absolute Gasteiger partial charge is 0.243 e. The maximum Gasteiger partial charge on any atom is 0.243 e. The maximum atomic E-state index is 11.5. The van der Waals surface area contributed by atoms with Gasteiger partial charge in [-0.15, -0.1) is 0 Å². The van der Waals surface area contributed by atoms with Crippen molar-refractivity contribution in [3.63, 3.8) is 0 Å². The number of quaternary nitrogens is 1. The summed E-state index contributed by atoms with van der Waals surface area (Å²) in [5, 5.41) is 11.5. The van der Waals surface area contributed by atoms with Crippen LogP contribution in [-0.4, -0.2) is 46.4 Å². The number of aliphatic hydroxyl groups is 1. The van der Waals surface area contributed by atoms with E-state index in [-0.39, 0.29) is 17.6 Å². The highest BCUT2D eigenvalue weighted by Crippen LogP contribution is 2.66. The monoisotopic (exact) mass is 439 g/mol. The molecule has 8 atom stereocenters. The van der Waals surface area contributed by atoms with Crippen molar-refractivity contribution in [2.45, 2.75) is 89.8 Å². The van der Waals surface area contributed by atoms with E-state index in [0.29, 0.717) is 11.3 Å². The van der Waals surface area contributed by atoms with Crippen molar-refractivity contribution in [1.82, 2.24) is 4.57 Å². The first-order chi connectivity index (χ1) is 15.2. The van der Waals surface area contributed by atoms with E-state index in [2.05, 4.69) is 61.9 Å². The number of rotatable bonds is 2. The standard InChI is InChI=1S/C28H45N3O/c1-27-11-9-21(31(4)15-5-6-16-31)17-20(27)7-8-22-23(27)10-12-28(2)24(22)18-25(26(28)32)30-14-13-29(3)19-30/h7,13-14,19,21-26,32H,5-6,8-12,15-18H2,1-4H3/q+2/t21-,22+,23-,24-,25-,26-,27-,28-/m0/s1. The Morgan fingerprint density at radius 2 is 1.91 bits per heavy atom. The van der Waals surface area contributed by atoms with Crippen LogP contribution in [0.1, 0.15) is 77.7 Å². The summed E-state index contributed by atoms with van der Waals surface area (Å²) >= 11 is 0. The van der Waals surface area contributed by atoms with Crippen LogP contribution in [0, 0.1) is 28.6 Å². The van der Waals surface area contributed by atoms with Crippen molar-refractivity contribution in [2.24, 2.45) is 35.6 Å². The van der Waals surface area contributed by atoms with Crippen LogP contribution in [-0.2, 0) is 7.05 Å². The number of nitrogens with zero attached hydrogens (tertiary/aromatic N) is 3. The van der Waals surface area contributed by atoms with E-state index in [1.165, 1.54) is 68.9 Å². The summed E-state index contributed by atoms with van der Waals surface area (Å²) in [4.78, 5) is 0. The molecule has 1 aromatic rings. The summed E-state index contributed by atoms with van der Waals surface area (Å²) in [5.74, 6) is 2.21. The third-order valence-electron chi connectivity index (χ3n) is 11.7. The Morgan fingerprint density at radius 1 is 1.12 bits per heavy atom. The third-order valence-corrected chi connectivity index (χ3v) is 11.7. The zero-order chi connectivity index (χ0) is 22.3. The molecule has 0 spiro atoms. The Hall–Kier alpha value is -1.13. The Balaban J connectivity index is 1.27. The molecule has 0 bridgehead atoms. The molecule has 5 aliphatic rings. The van der Waals surface area contributed by atoms with Crippen LogP contribution >= 0.6 is 0 Å². The van der Waals surface area contributed by atoms with Gasteiger partial charge in [-0.3, -0.25) is 0 Å². The van der Waals surface area contributed by atoms with Gasteiger partial charge in [-0.05, 0) is 55.3 Å². The lowest BCUT2D eigenvalue weighted by molar-refractivity contribution is -0.923. The Kier molecular flexibility index (Phi) is 4.81. The predicted octanol–water partition coefficient (Wildman–Crippen LogP) is 4.40. The number of aryl methyl sites for hydroxylation is 1. The van der Waals surface area contributed by atoms with Crippen molar-refractivity contribution in [3.05, 3.63) is 30.4 Å². The van der Waals surface area contributed by atoms with Gasteiger partial charge in [0.1, 0.15) is 24.5 Å². The zero-order valence-corrected chi connectivity index (χ0v) is 20.8. The third kappa shape index (κ3) is 2.90. The number of allylic oxidation sites excluding steroid dienone is 1. The lowest BCUT2D eigenvalue weighted by atomic mass is 9.47. The van der Waals surface area contributed by atoms with Crippen molar-refractivity contribution < 1.29 is 14.2 Å². The molecule has 3 saturated carbocycles. The van der Waals surface area contributed by atoms with Crippen LogP contribution in [0.4, 0.5) is 0 Å². The number of imidazole rings is 1. The quantitative estimate of drug-likeness (QED) is 0.413. The summed E-state index contributed by atoms with van der Waals surface area (Å²) < 4.78 is 5.74. The van der Waals surface area contributed by atoms with Gasteiger partial charge < -0.3 is 9.59 Å². The summed E-state index contributed by atoms with van der Waals surface area (Å²) in [6.45, 7) is 7.85. The van der Waals surface area contributed by atoms with E-state index in [9.17, 15) is 5.11 Å². The molecule has 0 aromatic carbocycles. The average molecular weight is 440 g/mol. The highest BCUT2D eigenvalue weighted by molar-refractivity contribution is 5.26. The van der Waals surface area contributed by atoms with Crippen LogP contribution in [0.2, 0.25) is 0 Å². The van der Waals surface area contributed by atoms with Crippen molar-refractivity contribution in [2.75, 3.05) is 20.1 Å². The molecule has 32 heavy (non-hydrogen) atoms. The van der Waals surface area contributed by atoms with Crippen molar-refractivity contribution >= 4 is 0 Å². The molecule has 1 aliphatic heterocycles. The van der Waals surface area contributed by atoms with E-state index >= 15 is 0 Å². The van der Waals surface area contributed by atoms with Gasteiger partial charge in [0, 0.05) is 31.1 Å². The van der Waals surface area contributed by atoms with Crippen molar-refractivity contribution in [3.8, 4) is 0 Å². The largest absolute Gasteiger partial charge is 0.388 e. The van der Waals surface area contributed by atoms with Gasteiger partial charge in [0.15, 0.2) is 0 Å². The van der Waals surface area contributed by atoms with Gasteiger partial charge in [-0.2, -0.15) is 0 Å². The summed E-state index contributed by atoms with van der Waals surface area (Å²) in [5.41, 5.74) is 2.29. The van der Waals surface area contributed by atoms with Gasteiger partial charge in [0.25, 0.3) is 0 Å². The molecule has 4 heteroatoms. The number of fused-ring (bicyclic) bond motifs is 5. The van der Waals surface area contributed by atoms with Crippen LogP contribution in [0.25, 0.3) is 0 Å². The fourth-order valence-electron chi connectivity index (χ4n) is 9.53. The second-order valence-corrected chi connectivity index (χ2v) is 13.1. The Morgan fingerprint density at radius 3 is 2.62 bits per heavy atom. The van der Waals surface area contributed by atoms with Gasteiger partial charge in [0.2, 0.25) is 6.33 Å². The van der Waals surface area contributed by atoms with Crippen LogP contribution in [0.3, 0.4) is 0 Å². The van der Waals surface area contributed by atoms with Crippen LogP contribution in [0.15, 0.2) is 30.4 Å². The molecule has 1 N–H and O–H groups in total. The van der Waals surface area contributed by atoms with Gasteiger partial charge in [0.05, 0.1) is 33.2 Å². The number of aromatic nitrogens is 2. The zero-order valence-electron chi connectivity index (χ0n) is 20.8. The summed E-state index contributed by atoms with van der Waals surface area (Å²) in [6, 6.07) is 1.09. The molecule has 0 unspecified atom stereocenters. The van der Waals surface area contributed by atoms with E-state index in [1.807, 2.05) is 5.57 Å². The van der Waals surface area contributed by atoms with Gasteiger partial charge in [-0.1, -0.05) is 25.5 Å². The second kappa shape index (κ2) is 7.18. The average Bonchev–Trinajstić information content (AvgIpc) is 3.46. The number of aliphatic hydroxyl groups excluding tert-OH is 1. The fourth-order valence-corrected chi connectivity index (χ4v) is 9.53. The highest BCUT2D eigenvalue weighted by atomic mass is 16.3. The number of likely N-dealkylation sites (tertiary alicyclic amines) is 1. The highest BCUT2D eigenvalue weighted by Gasteiger charge is 2.62. The fraction of sp³-hybridized carbons (Fsp3) is 0.821. The van der Waals surface area contributed by atoms with Crippen LogP contribution < -0.4 is 4.57 Å². The minimum Gasteiger partial charge on any atom is -0.388 e. The molecule has 0 amide bonds. The molecule has 1 saturated heterocycles. The lowest BCUT2D eigenvalue weighted by Gasteiger charge is -2.58. The van der Waals surface area contributed by atoms with E-state index in [1.54, 1.807) is 0 Å². The van der Waals surface area contributed by atoms with Crippen LogP contribution in [0.5, 0.6) is 0 Å². The first-order valence-electron chi connectivity index (χ1n) is 13.5. The first kappa shape index (κ1) is 21.4. The number of hydrogen-bond acceptors (Lipinski definition) is 1. The van der Waals surface area contributed by atoms with E-state index < -0.39 is 0 Å². The molecular formula is C28H45N3O+2. The topological polar surface area (TPSA) is 29.0 Å². The molecule has 6 rings (SSSR count). The SMILES string of the molecule is C[n+]1ccn([C@H]2C[C@H]3[C@@H]4CC=C5C[C@@H]([N+]6(C)CCCC6)CC[C@]5(C)[C@H]4CC[C@]3(C)[C@H]2O)c1. The molecule has 1 aromatic heterocycles. The van der Waals surface area contributed by atoms with Gasteiger partial charge in [-0.25, -0.2) is 9.13 Å². The predicted molar refractivity (Wildman–Crippen MR) is 127 cm³/mol. The van der Waals surface area contributed by atoms with Gasteiger partial charge >= 0.3 is 0 Å². The molecule has 4 aliphatic carbocycles. The number of hydrogen-bond donors (Lipinski definition) is 1. The molecule has 4 nitrogen and oxygen atoms in total. The normalized spacial score (nSPS) is 47.5. The molecular weight excluding hydrogens is 394 g/mol. The second-order valence-electron chi connectivity index (χ2n) is 13.1. The molecule has 176 valence electrons. The Labute approximate surface area is 194 Å². The first-order valence-corrected chi connectivity index (χ1v) is 13.5. The van der Waals surface area contributed by atoms with E-state index in [4.69, 9.17) is 0 Å². The molecule has 0 radical (unpaired) electrons. The maximum absolute atomic E-state index is 11.5. The minimum atomic E-state index is -0.227. The van der Waals surface area contributed by atoms with Crippen molar-refractivity contribution in [1.29, 1.82) is 0 Å². The summed E-state index contributed by atoms with van der Waals surface area (Å²) in [7, 11) is 4.62. The van der Waals surface area contributed by atoms with E-state index in [0.717, 1.165) is 24.3 Å². The summed E-state index contributed by atoms with van der Waals surface area (Å²) in [6.07, 6.45) is 20.8. The molecule has 2 heterocycles. The minimum absolute atomic E-state index is 0.0712. The molecule has 4 fully saturated rings. The Bertz CT molecular complexity index is 914.